The van der Waals surface area contributed by atoms with Crippen LogP contribution >= 0.6 is 0 Å². The van der Waals surface area contributed by atoms with Crippen LogP contribution in [-0.2, 0) is 14.3 Å². The van der Waals surface area contributed by atoms with Gasteiger partial charge in [0.25, 0.3) is 0 Å². The lowest BCUT2D eigenvalue weighted by Crippen LogP contribution is -2.62. The maximum atomic E-state index is 11.8. The Kier molecular flexibility index (Phi) is 4.41. The molecule has 0 aromatic carbocycles. The lowest BCUT2D eigenvalue weighted by Gasteiger charge is -2.63. The number of carbonyl (C=O) groups is 2. The molecule has 5 nitrogen and oxygen atoms in total. The summed E-state index contributed by atoms with van der Waals surface area (Å²) in [6.07, 6.45) is 7.97. The lowest BCUT2D eigenvalue weighted by molar-refractivity contribution is -0.214. The number of hydrogen-bond acceptors (Lipinski definition) is 4. The van der Waals surface area contributed by atoms with Crippen molar-refractivity contribution in [1.29, 1.82) is 0 Å². The summed E-state index contributed by atoms with van der Waals surface area (Å²) in [5, 5.41) is 21.5. The number of aliphatic carboxylic acids is 1. The zero-order valence-corrected chi connectivity index (χ0v) is 16.9. The highest BCUT2D eigenvalue weighted by molar-refractivity contribution is 5.72. The molecule has 0 bridgehead atoms. The molecule has 5 heteroatoms. The van der Waals surface area contributed by atoms with Gasteiger partial charge in [-0.3, -0.25) is 9.59 Å². The Balaban J connectivity index is 1.59. The van der Waals surface area contributed by atoms with Crippen molar-refractivity contribution in [1.82, 2.24) is 0 Å². The number of carboxylic acid groups (broad SMARTS) is 1. The molecule has 0 amide bonds. The minimum absolute atomic E-state index is 0.0388. The van der Waals surface area contributed by atoms with E-state index in [1.165, 1.54) is 6.92 Å². The third-order valence-electron chi connectivity index (χ3n) is 9.43. The number of aliphatic hydroxyl groups is 1. The highest BCUT2D eigenvalue weighted by atomic mass is 16.5. The van der Waals surface area contributed by atoms with Crippen LogP contribution in [0.2, 0.25) is 0 Å². The van der Waals surface area contributed by atoms with E-state index in [9.17, 15) is 19.8 Å². The third-order valence-corrected chi connectivity index (χ3v) is 9.43. The fourth-order valence-corrected chi connectivity index (χ4v) is 7.92. The molecule has 4 aliphatic carbocycles. The van der Waals surface area contributed by atoms with Crippen LogP contribution in [0.4, 0.5) is 0 Å². The molecule has 2 N–H and O–H groups in total. The Morgan fingerprint density at radius 3 is 2.37 bits per heavy atom. The maximum absolute atomic E-state index is 11.8. The number of fused-ring (bicyclic) bond motifs is 5. The van der Waals surface area contributed by atoms with Crippen LogP contribution in [0.15, 0.2) is 0 Å². The van der Waals surface area contributed by atoms with E-state index in [0.717, 1.165) is 44.9 Å². The third kappa shape index (κ3) is 2.60. The molecule has 8 atom stereocenters. The Morgan fingerprint density at radius 1 is 0.963 bits per heavy atom. The molecule has 4 fully saturated rings. The van der Waals surface area contributed by atoms with E-state index in [-0.39, 0.29) is 23.4 Å². The van der Waals surface area contributed by atoms with Gasteiger partial charge in [0.05, 0.1) is 11.5 Å². The van der Waals surface area contributed by atoms with Gasteiger partial charge in [-0.25, -0.2) is 0 Å². The van der Waals surface area contributed by atoms with Crippen molar-refractivity contribution >= 4 is 11.9 Å². The summed E-state index contributed by atoms with van der Waals surface area (Å²) >= 11 is 0. The summed E-state index contributed by atoms with van der Waals surface area (Å²) in [5.41, 5.74) is -1.18. The molecular weight excluding hydrogens is 344 g/mol. The van der Waals surface area contributed by atoms with Gasteiger partial charge in [-0.2, -0.15) is 0 Å². The average Bonchev–Trinajstić information content (AvgIpc) is 2.86. The molecule has 0 aromatic heterocycles. The zero-order chi connectivity index (χ0) is 19.6. The number of hydrogen-bond donors (Lipinski definition) is 2. The quantitative estimate of drug-likeness (QED) is 0.715. The van der Waals surface area contributed by atoms with Crippen molar-refractivity contribution in [3.8, 4) is 0 Å². The largest absolute Gasteiger partial charge is 0.481 e. The van der Waals surface area contributed by atoms with E-state index in [0.29, 0.717) is 24.7 Å². The number of ether oxygens (including phenoxy) is 1. The molecule has 152 valence electrons. The first kappa shape index (κ1) is 19.2. The van der Waals surface area contributed by atoms with Gasteiger partial charge < -0.3 is 14.9 Å². The topological polar surface area (TPSA) is 83.8 Å². The highest BCUT2D eigenvalue weighted by Gasteiger charge is 2.68. The summed E-state index contributed by atoms with van der Waals surface area (Å²) in [7, 11) is 0. The van der Waals surface area contributed by atoms with Crippen molar-refractivity contribution in [2.45, 2.75) is 90.3 Å². The molecule has 0 aromatic rings. The number of rotatable bonds is 2. The van der Waals surface area contributed by atoms with Gasteiger partial charge in [-0.1, -0.05) is 13.8 Å². The van der Waals surface area contributed by atoms with Gasteiger partial charge in [0.2, 0.25) is 0 Å². The molecule has 0 radical (unpaired) electrons. The first-order chi connectivity index (χ1) is 12.6. The second-order valence-corrected chi connectivity index (χ2v) is 10.3. The predicted octanol–water partition coefficient (Wildman–Crippen LogP) is 3.78. The van der Waals surface area contributed by atoms with E-state index in [2.05, 4.69) is 6.92 Å². The van der Waals surface area contributed by atoms with Crippen LogP contribution in [0, 0.1) is 34.5 Å². The van der Waals surface area contributed by atoms with Crippen LogP contribution in [0.25, 0.3) is 0 Å². The number of carboxylic acids is 1. The van der Waals surface area contributed by atoms with Crippen LogP contribution in [0.3, 0.4) is 0 Å². The van der Waals surface area contributed by atoms with Crippen molar-refractivity contribution in [3.05, 3.63) is 0 Å². The van der Waals surface area contributed by atoms with Crippen LogP contribution in [-0.4, -0.2) is 33.9 Å². The minimum Gasteiger partial charge on any atom is -0.481 e. The van der Waals surface area contributed by atoms with E-state index in [1.54, 1.807) is 0 Å². The smallest absolute Gasteiger partial charge is 0.307 e. The molecule has 0 aliphatic heterocycles. The SMILES string of the molecule is CC(=O)OC1CC[C@@]2(C)C(CC[C@@H]3[C@@H]2CC[C@]2(C)[C@@H](C(=O)O)CCC32O)C1. The second kappa shape index (κ2) is 6.20. The van der Waals surface area contributed by atoms with E-state index < -0.39 is 22.9 Å². The summed E-state index contributed by atoms with van der Waals surface area (Å²) in [5.74, 6) is -0.179. The van der Waals surface area contributed by atoms with Gasteiger partial charge in [0.15, 0.2) is 0 Å². The van der Waals surface area contributed by atoms with Crippen molar-refractivity contribution in [2.24, 2.45) is 34.5 Å². The monoisotopic (exact) mass is 378 g/mol. The van der Waals surface area contributed by atoms with Gasteiger partial charge in [-0.05, 0) is 81.0 Å². The van der Waals surface area contributed by atoms with E-state index in [1.807, 2.05) is 6.92 Å². The zero-order valence-electron chi connectivity index (χ0n) is 16.9. The molecule has 0 heterocycles. The van der Waals surface area contributed by atoms with Crippen molar-refractivity contribution in [3.63, 3.8) is 0 Å². The van der Waals surface area contributed by atoms with Crippen LogP contribution in [0.5, 0.6) is 0 Å². The maximum Gasteiger partial charge on any atom is 0.307 e. The second-order valence-electron chi connectivity index (χ2n) is 10.3. The van der Waals surface area contributed by atoms with Crippen LogP contribution < -0.4 is 0 Å². The van der Waals surface area contributed by atoms with E-state index >= 15 is 0 Å². The predicted molar refractivity (Wildman–Crippen MR) is 99.9 cm³/mol. The van der Waals surface area contributed by atoms with Gasteiger partial charge >= 0.3 is 11.9 Å². The van der Waals surface area contributed by atoms with Gasteiger partial charge in [-0.15, -0.1) is 0 Å². The molecular formula is C22H34O5. The molecule has 0 saturated heterocycles. The minimum atomic E-state index is -0.848. The molecule has 0 spiro atoms. The molecule has 4 saturated carbocycles. The van der Waals surface area contributed by atoms with E-state index in [4.69, 9.17) is 4.74 Å². The first-order valence-corrected chi connectivity index (χ1v) is 10.7. The fourth-order valence-electron chi connectivity index (χ4n) is 7.92. The van der Waals surface area contributed by atoms with Gasteiger partial charge in [0.1, 0.15) is 6.10 Å². The summed E-state index contributed by atoms with van der Waals surface area (Å²) in [6.45, 7) is 5.90. The Hall–Kier alpha value is -1.10. The molecule has 27 heavy (non-hydrogen) atoms. The summed E-state index contributed by atoms with van der Waals surface area (Å²) in [6, 6.07) is 0. The fraction of sp³-hybridized carbons (Fsp3) is 0.909. The van der Waals surface area contributed by atoms with Crippen molar-refractivity contribution in [2.75, 3.05) is 0 Å². The number of esters is 1. The Morgan fingerprint density at radius 2 is 1.70 bits per heavy atom. The molecule has 3 unspecified atom stereocenters. The molecule has 4 aliphatic rings. The first-order valence-electron chi connectivity index (χ1n) is 10.7. The lowest BCUT2D eigenvalue weighted by atomic mass is 9.43. The number of carbonyl (C=O) groups excluding carboxylic acids is 1. The standard InChI is InChI=1S/C22H34O5/c1-13(23)27-15-6-9-20(2)14(12-15)4-5-17-16(20)7-10-21(3)18(19(24)25)8-11-22(17,21)26/h14-18,26H,4-12H2,1-3H3,(H,24,25)/t14?,15?,16-,17+,18+,20-,21+,22?/m0/s1. The summed E-state index contributed by atoms with van der Waals surface area (Å²) < 4.78 is 5.51. The average molecular weight is 379 g/mol. The van der Waals surface area contributed by atoms with Gasteiger partial charge in [0, 0.05) is 12.3 Å². The summed E-state index contributed by atoms with van der Waals surface area (Å²) in [4.78, 5) is 23.2. The molecule has 4 rings (SSSR count). The highest BCUT2D eigenvalue weighted by Crippen LogP contribution is 2.69. The van der Waals surface area contributed by atoms with Crippen molar-refractivity contribution < 1.29 is 24.5 Å². The normalized spacial score (nSPS) is 51.6. The Labute approximate surface area is 161 Å². The Bertz CT molecular complexity index is 647. The van der Waals surface area contributed by atoms with Crippen LogP contribution in [0.1, 0.15) is 78.6 Å².